The van der Waals surface area contributed by atoms with Crippen molar-refractivity contribution in [3.05, 3.63) is 309 Å². The van der Waals surface area contributed by atoms with Gasteiger partial charge in [0.05, 0.1) is 39.0 Å². The van der Waals surface area contributed by atoms with E-state index >= 15 is 13.2 Å². The summed E-state index contributed by atoms with van der Waals surface area (Å²) in [5, 5.41) is 3.41. The van der Waals surface area contributed by atoms with E-state index in [1.165, 1.54) is 12.1 Å². The zero-order valence-corrected chi connectivity index (χ0v) is 50.9. The highest BCUT2D eigenvalue weighted by atomic mass is 19.4. The van der Waals surface area contributed by atoms with Gasteiger partial charge < -0.3 is 9.13 Å². The molecule has 0 saturated heterocycles. The van der Waals surface area contributed by atoms with Crippen molar-refractivity contribution in [1.29, 1.82) is 0 Å². The fourth-order valence-electron chi connectivity index (χ4n) is 12.8. The summed E-state index contributed by atoms with van der Waals surface area (Å²) in [7, 11) is 0. The zero-order valence-electron chi connectivity index (χ0n) is 50.9. The van der Waals surface area contributed by atoms with Gasteiger partial charge in [-0.3, -0.25) is 0 Å². The summed E-state index contributed by atoms with van der Waals surface area (Å²) in [6.07, 6.45) is -4.73. The lowest BCUT2D eigenvalue weighted by Gasteiger charge is -2.21. The van der Waals surface area contributed by atoms with Gasteiger partial charge in [0.15, 0.2) is 52.4 Å². The van der Waals surface area contributed by atoms with Crippen LogP contribution in [0.15, 0.2) is 303 Å². The maximum atomic E-state index is 15.7. The van der Waals surface area contributed by atoms with Gasteiger partial charge >= 0.3 is 6.18 Å². The predicted molar refractivity (Wildman–Crippen MR) is 375 cm³/mol. The Kier molecular flexibility index (Phi) is 14.0. The third-order valence-electron chi connectivity index (χ3n) is 17.3. The number of aromatic nitrogens is 11. The highest BCUT2D eigenvalue weighted by Crippen LogP contribution is 2.46. The lowest BCUT2D eigenvalue weighted by atomic mass is 9.96. The number of hydrogen-bond acceptors (Lipinski definition) is 9. The van der Waals surface area contributed by atoms with Gasteiger partial charge in [0.25, 0.3) is 0 Å². The van der Waals surface area contributed by atoms with Crippen LogP contribution in [0.4, 0.5) is 13.2 Å². The number of rotatable bonds is 12. The molecule has 12 aromatic carbocycles. The molecule has 0 unspecified atom stereocenters. The quantitative estimate of drug-likeness (QED) is 0.118. The number of fused-ring (bicyclic) bond motifs is 6. The molecule has 17 aromatic rings. The number of para-hydroxylation sites is 2. The van der Waals surface area contributed by atoms with Gasteiger partial charge in [-0.05, 0) is 78.9 Å². The molecule has 0 spiro atoms. The zero-order chi connectivity index (χ0) is 64.3. The SMILES string of the molecule is FC(F)(F)c1ccc(-c2cc(-c3nc(-c4ccccc4)nc(-c4ccccc4)n3)ccc2-n2c3ccccc3c3cc(-c4nc(-c5ccccc5)nc(-c5ccccc5)n4)ccc32)c(-n2c3ccccc3c3cc(-c4nc(-c5ccccc5)nc(-c5ccccc5)n4)ccc32)c1. The lowest BCUT2D eigenvalue weighted by molar-refractivity contribution is -0.137. The van der Waals surface area contributed by atoms with Gasteiger partial charge in [-0.1, -0.05) is 224 Å². The summed E-state index contributed by atoms with van der Waals surface area (Å²) in [6, 6.07) is 96.8. The van der Waals surface area contributed by atoms with Crippen LogP contribution in [0, 0.1) is 0 Å². The molecular weight excluding hydrogens is 1200 g/mol. The Morgan fingerprint density at radius 3 is 0.833 bits per heavy atom. The van der Waals surface area contributed by atoms with E-state index in [4.69, 9.17) is 44.9 Å². The molecule has 0 aliphatic heterocycles. The molecule has 96 heavy (non-hydrogen) atoms. The average molecular weight is 1250 g/mol. The van der Waals surface area contributed by atoms with E-state index in [1.807, 2.05) is 265 Å². The van der Waals surface area contributed by atoms with Crippen molar-refractivity contribution in [2.24, 2.45) is 0 Å². The second-order valence-corrected chi connectivity index (χ2v) is 23.2. The molecule has 5 aromatic heterocycles. The molecule has 0 atom stereocenters. The molecule has 11 nitrogen and oxygen atoms in total. The summed E-state index contributed by atoms with van der Waals surface area (Å²) in [5.41, 5.74) is 11.2. The maximum Gasteiger partial charge on any atom is 0.416 e. The Morgan fingerprint density at radius 1 is 0.208 bits per heavy atom. The van der Waals surface area contributed by atoms with E-state index in [-0.39, 0.29) is 5.69 Å². The smallest absolute Gasteiger partial charge is 0.309 e. The van der Waals surface area contributed by atoms with Crippen molar-refractivity contribution in [3.63, 3.8) is 0 Å². The van der Waals surface area contributed by atoms with Crippen LogP contribution >= 0.6 is 0 Å². The minimum Gasteiger partial charge on any atom is -0.309 e. The number of alkyl halides is 3. The normalized spacial score (nSPS) is 11.7. The number of halogens is 3. The first-order valence-corrected chi connectivity index (χ1v) is 31.3. The number of nitrogens with zero attached hydrogens (tertiary/aromatic N) is 11. The summed E-state index contributed by atoms with van der Waals surface area (Å²) in [4.78, 5) is 45.7. The molecule has 0 fully saturated rings. The molecule has 14 heteroatoms. The van der Waals surface area contributed by atoms with Crippen molar-refractivity contribution in [1.82, 2.24) is 54.0 Å². The monoisotopic (exact) mass is 1250 g/mol. The van der Waals surface area contributed by atoms with E-state index < -0.39 is 11.7 Å². The van der Waals surface area contributed by atoms with Gasteiger partial charge in [-0.2, -0.15) is 13.2 Å². The third-order valence-corrected chi connectivity index (χ3v) is 17.3. The van der Waals surface area contributed by atoms with Crippen molar-refractivity contribution < 1.29 is 13.2 Å². The fraction of sp³-hybridized carbons (Fsp3) is 0.0122. The number of hydrogen-bond donors (Lipinski definition) is 0. The first-order chi connectivity index (χ1) is 47.2. The van der Waals surface area contributed by atoms with Crippen LogP contribution in [-0.4, -0.2) is 54.0 Å². The van der Waals surface area contributed by atoms with Crippen molar-refractivity contribution in [2.45, 2.75) is 6.18 Å². The average Bonchev–Trinajstić information content (AvgIpc) is 1.65. The maximum absolute atomic E-state index is 15.7. The molecule has 0 saturated carbocycles. The first kappa shape index (κ1) is 57.0. The van der Waals surface area contributed by atoms with Gasteiger partial charge in [0.1, 0.15) is 0 Å². The van der Waals surface area contributed by atoms with Crippen molar-refractivity contribution in [2.75, 3.05) is 0 Å². The van der Waals surface area contributed by atoms with Crippen LogP contribution < -0.4 is 0 Å². The summed E-state index contributed by atoms with van der Waals surface area (Å²) in [5.74, 6) is 4.27. The molecular formula is C82H50F3N11. The molecule has 0 N–H and O–H groups in total. The molecule has 0 aliphatic rings. The standard InChI is InChI=1S/C82H50F3N11/c83-82(84,85)60-42-43-63(72(50-60)96-68-38-22-20-36-62(68)65-48-58(41-46-71(65)96)80-91-75(53-27-11-3-12-28-53)87-76(92-80)54-29-13-4-14-30-54)66-49-59(81-93-77(55-31-15-5-16-32-55)88-78(94-81)56-33-17-6-18-34-56)40-45-70(66)95-67-37-21-19-35-61(67)64-47-57(39-44-69(64)95)79-89-73(51-23-7-1-8-24-51)86-74(90-79)52-25-9-2-10-26-52/h1-50H. The largest absolute Gasteiger partial charge is 0.416 e. The minimum atomic E-state index is -4.73. The van der Waals surface area contributed by atoms with Gasteiger partial charge in [-0.15, -0.1) is 0 Å². The van der Waals surface area contributed by atoms with E-state index in [1.54, 1.807) is 6.07 Å². The Bertz CT molecular complexity index is 5640. The Hall–Kier alpha value is -12.9. The highest BCUT2D eigenvalue weighted by molar-refractivity contribution is 6.13. The molecule has 0 aliphatic carbocycles. The van der Waals surface area contributed by atoms with Crippen LogP contribution in [0.25, 0.3) is 169 Å². The number of benzene rings is 12. The first-order valence-electron chi connectivity index (χ1n) is 31.3. The third kappa shape index (κ3) is 10.4. The highest BCUT2D eigenvalue weighted by Gasteiger charge is 2.33. The van der Waals surface area contributed by atoms with Gasteiger partial charge in [0, 0.05) is 82.7 Å². The Labute approximate surface area is 548 Å². The topological polar surface area (TPSA) is 126 Å². The van der Waals surface area contributed by atoms with E-state index in [0.717, 1.165) is 71.5 Å². The van der Waals surface area contributed by atoms with Crippen molar-refractivity contribution >= 4 is 43.6 Å². The van der Waals surface area contributed by atoms with Crippen LogP contribution in [0.5, 0.6) is 0 Å². The Balaban J connectivity index is 0.911. The van der Waals surface area contributed by atoms with E-state index in [9.17, 15) is 0 Å². The minimum absolute atomic E-state index is 0.284. The van der Waals surface area contributed by atoms with Crippen LogP contribution in [0.3, 0.4) is 0 Å². The van der Waals surface area contributed by atoms with Crippen LogP contribution in [-0.2, 0) is 6.18 Å². The summed E-state index contributed by atoms with van der Waals surface area (Å²) >= 11 is 0. The predicted octanol–water partition coefficient (Wildman–Crippen LogP) is 20.1. The van der Waals surface area contributed by atoms with Crippen LogP contribution in [0.2, 0.25) is 0 Å². The molecule has 454 valence electrons. The Morgan fingerprint density at radius 2 is 0.490 bits per heavy atom. The van der Waals surface area contributed by atoms with Crippen LogP contribution in [0.1, 0.15) is 5.56 Å². The fourth-order valence-corrected chi connectivity index (χ4v) is 12.8. The molecule has 5 heterocycles. The van der Waals surface area contributed by atoms with Gasteiger partial charge in [-0.25, -0.2) is 44.9 Å². The molecule has 0 amide bonds. The molecule has 0 bridgehead atoms. The summed E-state index contributed by atoms with van der Waals surface area (Å²) < 4.78 is 51.3. The van der Waals surface area contributed by atoms with E-state index in [0.29, 0.717) is 91.4 Å². The molecule has 17 rings (SSSR count). The second-order valence-electron chi connectivity index (χ2n) is 23.2. The second kappa shape index (κ2) is 23.6. The van der Waals surface area contributed by atoms with E-state index in [2.05, 4.69) is 28.8 Å². The molecule has 0 radical (unpaired) electrons. The summed E-state index contributed by atoms with van der Waals surface area (Å²) in [6.45, 7) is 0. The van der Waals surface area contributed by atoms with Gasteiger partial charge in [0.2, 0.25) is 0 Å². The van der Waals surface area contributed by atoms with Crippen molar-refractivity contribution in [3.8, 4) is 125 Å². The lowest BCUT2D eigenvalue weighted by Crippen LogP contribution is -2.08.